The van der Waals surface area contributed by atoms with Crippen molar-refractivity contribution < 1.29 is 19.5 Å². The van der Waals surface area contributed by atoms with E-state index in [1.165, 1.54) is 37.7 Å². The molecule has 0 radical (unpaired) electrons. The van der Waals surface area contributed by atoms with E-state index in [-0.39, 0.29) is 38.4 Å². The fourth-order valence-corrected chi connectivity index (χ4v) is 5.06. The molecule has 1 saturated carbocycles. The maximum absolute atomic E-state index is 13.6. The van der Waals surface area contributed by atoms with Gasteiger partial charge in [0.05, 0.1) is 19.0 Å². The summed E-state index contributed by atoms with van der Waals surface area (Å²) in [4.78, 5) is 38.3. The zero-order valence-corrected chi connectivity index (χ0v) is 22.4. The first-order chi connectivity index (χ1) is 18.9. The molecule has 212 valence electrons. The second-order valence-corrected chi connectivity index (χ2v) is 10.2. The fourth-order valence-electron chi connectivity index (χ4n) is 5.06. The molecule has 0 bridgehead atoms. The van der Waals surface area contributed by atoms with Gasteiger partial charge in [0.25, 0.3) is 5.91 Å². The molecular formula is C33H41N3O4. The summed E-state index contributed by atoms with van der Waals surface area (Å²) >= 11 is 0. The number of nitrogens with zero attached hydrogens (tertiary/aromatic N) is 1. The minimum atomic E-state index is -0.961. The summed E-state index contributed by atoms with van der Waals surface area (Å²) in [6.45, 7) is 2.37. The number of carboxylic acid groups (broad SMARTS) is 1. The molecule has 7 nitrogen and oxygen atoms in total. The summed E-state index contributed by atoms with van der Waals surface area (Å²) in [6.07, 6.45) is 6.15. The predicted molar refractivity (Wildman–Crippen MR) is 160 cm³/mol. The maximum Gasteiger partial charge on any atom is 0.322 e. The van der Waals surface area contributed by atoms with Gasteiger partial charge < -0.3 is 15.7 Å². The summed E-state index contributed by atoms with van der Waals surface area (Å²) in [7, 11) is 0. The van der Waals surface area contributed by atoms with E-state index in [9.17, 15) is 14.4 Å². The van der Waals surface area contributed by atoms with E-state index < -0.39 is 5.97 Å². The van der Waals surface area contributed by atoms with Crippen LogP contribution in [-0.4, -0.2) is 29.6 Å². The van der Waals surface area contributed by atoms with Gasteiger partial charge in [-0.1, -0.05) is 81.3 Å². The SMILES string of the molecule is C.CC(NC(=O)N(Cc1ccc(C(=O)NCCC(=O)O)cc1)c1ccc(C2CCCCC2)cc1)c1ccccc1. The van der Waals surface area contributed by atoms with Crippen LogP contribution in [0, 0.1) is 0 Å². The zero-order valence-electron chi connectivity index (χ0n) is 22.4. The van der Waals surface area contributed by atoms with Crippen LogP contribution in [0.3, 0.4) is 0 Å². The minimum absolute atomic E-state index is 0. The lowest BCUT2D eigenvalue weighted by molar-refractivity contribution is -0.136. The van der Waals surface area contributed by atoms with E-state index in [1.807, 2.05) is 61.5 Å². The Balaban J connectivity index is 0.00000441. The van der Waals surface area contributed by atoms with Gasteiger partial charge in [0.2, 0.25) is 0 Å². The van der Waals surface area contributed by atoms with Gasteiger partial charge in [0, 0.05) is 17.8 Å². The van der Waals surface area contributed by atoms with Crippen molar-refractivity contribution in [2.24, 2.45) is 0 Å². The molecule has 3 amide bonds. The van der Waals surface area contributed by atoms with Crippen molar-refractivity contribution in [3.05, 3.63) is 101 Å². The van der Waals surface area contributed by atoms with Gasteiger partial charge in [-0.2, -0.15) is 0 Å². The minimum Gasteiger partial charge on any atom is -0.481 e. The molecule has 1 aliphatic carbocycles. The average molecular weight is 544 g/mol. The number of amides is 3. The third kappa shape index (κ3) is 8.43. The number of aliphatic carboxylic acids is 1. The Labute approximate surface area is 237 Å². The highest BCUT2D eigenvalue weighted by molar-refractivity contribution is 5.94. The Hall–Kier alpha value is -4.13. The standard InChI is InChI=1S/C32H37N3O4.CH4/c1-23(25-8-4-2-5-9-25)34-32(39)35(29-18-16-27(17-19-29)26-10-6-3-7-11-26)22-24-12-14-28(15-13-24)31(38)33-21-20-30(36)37;/h2,4-5,8-9,12-19,23,26H,3,6-7,10-11,20-22H2,1H3,(H,33,38)(H,34,39)(H,36,37);1H4. The van der Waals surface area contributed by atoms with Crippen molar-refractivity contribution in [3.8, 4) is 0 Å². The largest absolute Gasteiger partial charge is 0.481 e. The molecule has 0 aliphatic heterocycles. The van der Waals surface area contributed by atoms with Crippen LogP contribution in [0.5, 0.6) is 0 Å². The van der Waals surface area contributed by atoms with Crippen LogP contribution in [-0.2, 0) is 11.3 Å². The highest BCUT2D eigenvalue weighted by atomic mass is 16.4. The van der Waals surface area contributed by atoms with E-state index in [0.29, 0.717) is 18.0 Å². The van der Waals surface area contributed by atoms with Gasteiger partial charge in [-0.05, 0) is 66.6 Å². The van der Waals surface area contributed by atoms with Crippen molar-refractivity contribution in [1.29, 1.82) is 0 Å². The lowest BCUT2D eigenvalue weighted by atomic mass is 9.84. The van der Waals surface area contributed by atoms with Crippen LogP contribution in [0.2, 0.25) is 0 Å². The van der Waals surface area contributed by atoms with Gasteiger partial charge >= 0.3 is 12.0 Å². The highest BCUT2D eigenvalue weighted by Gasteiger charge is 2.21. The number of hydrogen-bond acceptors (Lipinski definition) is 3. The van der Waals surface area contributed by atoms with E-state index in [0.717, 1.165) is 16.8 Å². The van der Waals surface area contributed by atoms with Crippen molar-refractivity contribution in [1.82, 2.24) is 10.6 Å². The molecule has 1 aliphatic rings. The van der Waals surface area contributed by atoms with E-state index in [2.05, 4.69) is 22.8 Å². The lowest BCUT2D eigenvalue weighted by Crippen LogP contribution is -2.40. The molecule has 1 unspecified atom stereocenters. The molecule has 3 aromatic rings. The normalized spacial score (nSPS) is 13.9. The molecule has 0 aromatic heterocycles. The Kier molecular flexibility index (Phi) is 11.3. The second-order valence-electron chi connectivity index (χ2n) is 10.2. The smallest absolute Gasteiger partial charge is 0.322 e. The number of anilines is 1. The number of rotatable bonds is 10. The number of urea groups is 1. The van der Waals surface area contributed by atoms with Gasteiger partial charge in [-0.15, -0.1) is 0 Å². The number of hydrogen-bond donors (Lipinski definition) is 3. The summed E-state index contributed by atoms with van der Waals surface area (Å²) in [5.74, 6) is -0.702. The Morgan fingerprint density at radius 1 is 0.900 bits per heavy atom. The number of nitrogens with one attached hydrogen (secondary N) is 2. The molecule has 4 rings (SSSR count). The van der Waals surface area contributed by atoms with Crippen LogP contribution in [0.25, 0.3) is 0 Å². The summed E-state index contributed by atoms with van der Waals surface area (Å²) in [5.41, 5.74) is 4.47. The van der Waals surface area contributed by atoms with Crippen LogP contribution in [0.1, 0.15) is 91.9 Å². The van der Waals surface area contributed by atoms with E-state index in [4.69, 9.17) is 5.11 Å². The first kappa shape index (κ1) is 30.4. The third-order valence-electron chi connectivity index (χ3n) is 7.35. The average Bonchev–Trinajstić information content (AvgIpc) is 2.97. The van der Waals surface area contributed by atoms with Crippen LogP contribution in [0.4, 0.5) is 10.5 Å². The Bertz CT molecular complexity index is 1240. The molecule has 3 aromatic carbocycles. The predicted octanol–water partition coefficient (Wildman–Crippen LogP) is 7.05. The van der Waals surface area contributed by atoms with Crippen LogP contribution >= 0.6 is 0 Å². The number of benzene rings is 3. The van der Waals surface area contributed by atoms with Crippen LogP contribution in [0.15, 0.2) is 78.9 Å². The van der Waals surface area contributed by atoms with E-state index in [1.54, 1.807) is 17.0 Å². The summed E-state index contributed by atoms with van der Waals surface area (Å²) in [5, 5.41) is 14.5. The van der Waals surface area contributed by atoms with Gasteiger partial charge in [-0.3, -0.25) is 14.5 Å². The van der Waals surface area contributed by atoms with Crippen molar-refractivity contribution in [2.75, 3.05) is 11.4 Å². The number of carbonyl (C=O) groups excluding carboxylic acids is 2. The Morgan fingerprint density at radius 2 is 1.55 bits per heavy atom. The summed E-state index contributed by atoms with van der Waals surface area (Å²) in [6, 6.07) is 24.9. The van der Waals surface area contributed by atoms with Gasteiger partial charge in [-0.25, -0.2) is 4.79 Å². The van der Waals surface area contributed by atoms with Gasteiger partial charge in [0.1, 0.15) is 0 Å². The number of carbonyl (C=O) groups is 3. The first-order valence-electron chi connectivity index (χ1n) is 13.7. The monoisotopic (exact) mass is 543 g/mol. The molecule has 3 N–H and O–H groups in total. The third-order valence-corrected chi connectivity index (χ3v) is 7.35. The second kappa shape index (κ2) is 14.9. The lowest BCUT2D eigenvalue weighted by Gasteiger charge is -2.27. The molecule has 40 heavy (non-hydrogen) atoms. The van der Waals surface area contributed by atoms with Crippen molar-refractivity contribution in [2.45, 2.75) is 71.4 Å². The molecule has 0 saturated heterocycles. The topological polar surface area (TPSA) is 98.7 Å². The number of carboxylic acids is 1. The maximum atomic E-state index is 13.6. The van der Waals surface area contributed by atoms with Gasteiger partial charge in [0.15, 0.2) is 0 Å². The molecule has 7 heteroatoms. The van der Waals surface area contributed by atoms with E-state index >= 15 is 0 Å². The highest BCUT2D eigenvalue weighted by Crippen LogP contribution is 2.33. The van der Waals surface area contributed by atoms with Crippen LogP contribution < -0.4 is 15.5 Å². The molecule has 1 atom stereocenters. The molecule has 1 fully saturated rings. The first-order valence-corrected chi connectivity index (χ1v) is 13.7. The fraction of sp³-hybridized carbons (Fsp3) is 0.364. The van der Waals surface area contributed by atoms with Crippen molar-refractivity contribution in [3.63, 3.8) is 0 Å². The molecule has 0 spiro atoms. The molecule has 0 heterocycles. The Morgan fingerprint density at radius 3 is 2.17 bits per heavy atom. The molecular weight excluding hydrogens is 502 g/mol. The van der Waals surface area contributed by atoms with Crippen molar-refractivity contribution >= 4 is 23.6 Å². The zero-order chi connectivity index (χ0) is 27.6. The quantitative estimate of drug-likeness (QED) is 0.255. The summed E-state index contributed by atoms with van der Waals surface area (Å²) < 4.78 is 0.